The van der Waals surface area contributed by atoms with Crippen molar-refractivity contribution in [1.29, 1.82) is 0 Å². The number of aliphatic carboxylic acids is 1. The fourth-order valence-corrected chi connectivity index (χ4v) is 2.34. The standard InChI is InChI=1S/C14H22N2O3/c1-2-12-3-4-13(19-12)11-16-9-7-15(8-10-16)6-5-14(17)18/h3-4H,2,5-11H2,1H3,(H,17,18). The number of aryl methyl sites for hydroxylation is 1. The average Bonchev–Trinajstić information content (AvgIpc) is 2.85. The van der Waals surface area contributed by atoms with E-state index in [1.807, 2.05) is 6.07 Å². The second kappa shape index (κ2) is 6.73. The van der Waals surface area contributed by atoms with Crippen LogP contribution in [0.15, 0.2) is 16.5 Å². The van der Waals surface area contributed by atoms with Crippen LogP contribution in [0.2, 0.25) is 0 Å². The molecule has 0 amide bonds. The molecule has 0 radical (unpaired) electrons. The molecule has 5 nitrogen and oxygen atoms in total. The van der Waals surface area contributed by atoms with Crippen LogP contribution in [0.1, 0.15) is 24.9 Å². The molecule has 0 aliphatic carbocycles. The van der Waals surface area contributed by atoms with Gasteiger partial charge in [0.25, 0.3) is 0 Å². The van der Waals surface area contributed by atoms with Gasteiger partial charge in [0.1, 0.15) is 11.5 Å². The normalized spacial score (nSPS) is 17.7. The molecule has 1 saturated heterocycles. The van der Waals surface area contributed by atoms with Crippen LogP contribution in [-0.4, -0.2) is 53.6 Å². The quantitative estimate of drug-likeness (QED) is 0.844. The van der Waals surface area contributed by atoms with Gasteiger partial charge in [-0.25, -0.2) is 0 Å². The minimum Gasteiger partial charge on any atom is -0.481 e. The zero-order valence-corrected chi connectivity index (χ0v) is 11.5. The summed E-state index contributed by atoms with van der Waals surface area (Å²) in [7, 11) is 0. The number of piperazine rings is 1. The van der Waals surface area contributed by atoms with E-state index >= 15 is 0 Å². The third-order valence-corrected chi connectivity index (χ3v) is 3.55. The molecule has 106 valence electrons. The number of hydrogen-bond acceptors (Lipinski definition) is 4. The fourth-order valence-electron chi connectivity index (χ4n) is 2.34. The van der Waals surface area contributed by atoms with Crippen molar-refractivity contribution in [3.05, 3.63) is 23.7 Å². The van der Waals surface area contributed by atoms with E-state index in [9.17, 15) is 4.79 Å². The van der Waals surface area contributed by atoms with Crippen LogP contribution >= 0.6 is 0 Å². The fraction of sp³-hybridized carbons (Fsp3) is 0.643. The van der Waals surface area contributed by atoms with Crippen LogP contribution in [-0.2, 0) is 17.8 Å². The first-order valence-corrected chi connectivity index (χ1v) is 6.91. The Morgan fingerprint density at radius 2 is 1.84 bits per heavy atom. The Balaban J connectivity index is 1.72. The minimum atomic E-state index is -0.717. The van der Waals surface area contributed by atoms with Crippen molar-refractivity contribution in [2.75, 3.05) is 32.7 Å². The molecule has 2 heterocycles. The lowest BCUT2D eigenvalue weighted by atomic mass is 10.2. The number of hydrogen-bond donors (Lipinski definition) is 1. The molecule has 1 aliphatic heterocycles. The van der Waals surface area contributed by atoms with Gasteiger partial charge in [-0.05, 0) is 12.1 Å². The van der Waals surface area contributed by atoms with Crippen molar-refractivity contribution in [3.63, 3.8) is 0 Å². The van der Waals surface area contributed by atoms with Crippen LogP contribution in [0.25, 0.3) is 0 Å². The molecule has 0 bridgehead atoms. The summed E-state index contributed by atoms with van der Waals surface area (Å²) in [4.78, 5) is 15.1. The summed E-state index contributed by atoms with van der Waals surface area (Å²) in [5, 5.41) is 8.67. The van der Waals surface area contributed by atoms with Crippen LogP contribution < -0.4 is 0 Å². The molecule has 1 aromatic rings. The molecule has 19 heavy (non-hydrogen) atoms. The SMILES string of the molecule is CCc1ccc(CN2CCN(CCC(=O)O)CC2)o1. The number of rotatable bonds is 6. The summed E-state index contributed by atoms with van der Waals surface area (Å²) in [5.74, 6) is 1.34. The molecular weight excluding hydrogens is 244 g/mol. The highest BCUT2D eigenvalue weighted by Gasteiger charge is 2.18. The van der Waals surface area contributed by atoms with E-state index in [4.69, 9.17) is 9.52 Å². The Morgan fingerprint density at radius 3 is 2.42 bits per heavy atom. The Morgan fingerprint density at radius 1 is 1.21 bits per heavy atom. The monoisotopic (exact) mass is 266 g/mol. The third-order valence-electron chi connectivity index (χ3n) is 3.55. The molecular formula is C14H22N2O3. The summed E-state index contributed by atoms with van der Waals surface area (Å²) in [6.45, 7) is 7.42. The average molecular weight is 266 g/mol. The third kappa shape index (κ3) is 4.36. The number of furan rings is 1. The lowest BCUT2D eigenvalue weighted by molar-refractivity contribution is -0.137. The highest BCUT2D eigenvalue weighted by molar-refractivity contribution is 5.66. The second-order valence-electron chi connectivity index (χ2n) is 4.98. The van der Waals surface area contributed by atoms with Crippen LogP contribution in [0.3, 0.4) is 0 Å². The van der Waals surface area contributed by atoms with Gasteiger partial charge in [0, 0.05) is 39.1 Å². The lowest BCUT2D eigenvalue weighted by Crippen LogP contribution is -2.46. The number of carboxylic acids is 1. The zero-order chi connectivity index (χ0) is 13.7. The number of carboxylic acid groups (broad SMARTS) is 1. The van der Waals surface area contributed by atoms with Gasteiger partial charge in [-0.15, -0.1) is 0 Å². The van der Waals surface area contributed by atoms with E-state index in [1.54, 1.807) is 0 Å². The van der Waals surface area contributed by atoms with E-state index in [-0.39, 0.29) is 6.42 Å². The van der Waals surface area contributed by atoms with E-state index < -0.39 is 5.97 Å². The Labute approximate surface area is 113 Å². The molecule has 0 aromatic carbocycles. The zero-order valence-electron chi connectivity index (χ0n) is 11.5. The molecule has 2 rings (SSSR count). The van der Waals surface area contributed by atoms with Crippen molar-refractivity contribution >= 4 is 5.97 Å². The summed E-state index contributed by atoms with van der Waals surface area (Å²) in [5.41, 5.74) is 0. The van der Waals surface area contributed by atoms with Gasteiger partial charge >= 0.3 is 5.97 Å². The van der Waals surface area contributed by atoms with Crippen LogP contribution in [0, 0.1) is 0 Å². The Bertz CT molecular complexity index is 409. The molecule has 0 saturated carbocycles. The summed E-state index contributed by atoms with van der Waals surface area (Å²) in [6, 6.07) is 4.09. The summed E-state index contributed by atoms with van der Waals surface area (Å²) in [6.07, 6.45) is 1.17. The predicted molar refractivity (Wildman–Crippen MR) is 72.1 cm³/mol. The van der Waals surface area contributed by atoms with Gasteiger partial charge in [-0.3, -0.25) is 9.69 Å². The maximum absolute atomic E-state index is 10.5. The molecule has 0 spiro atoms. The van der Waals surface area contributed by atoms with Gasteiger partial charge in [-0.1, -0.05) is 6.92 Å². The predicted octanol–water partition coefficient (Wildman–Crippen LogP) is 1.43. The van der Waals surface area contributed by atoms with Gasteiger partial charge in [0.05, 0.1) is 13.0 Å². The van der Waals surface area contributed by atoms with Crippen molar-refractivity contribution in [2.24, 2.45) is 0 Å². The Kier molecular flexibility index (Phi) is 4.99. The molecule has 1 aliphatic rings. The van der Waals surface area contributed by atoms with Gasteiger partial charge in [0.15, 0.2) is 0 Å². The maximum Gasteiger partial charge on any atom is 0.304 e. The second-order valence-corrected chi connectivity index (χ2v) is 4.98. The van der Waals surface area contributed by atoms with Gasteiger partial charge < -0.3 is 14.4 Å². The topological polar surface area (TPSA) is 56.9 Å². The lowest BCUT2D eigenvalue weighted by Gasteiger charge is -2.33. The Hall–Kier alpha value is -1.33. The molecule has 1 N–H and O–H groups in total. The maximum atomic E-state index is 10.5. The molecule has 0 atom stereocenters. The van der Waals surface area contributed by atoms with E-state index in [1.165, 1.54) is 0 Å². The van der Waals surface area contributed by atoms with Crippen molar-refractivity contribution in [3.8, 4) is 0 Å². The highest BCUT2D eigenvalue weighted by atomic mass is 16.4. The van der Waals surface area contributed by atoms with Crippen LogP contribution in [0.5, 0.6) is 0 Å². The van der Waals surface area contributed by atoms with E-state index in [0.29, 0.717) is 6.54 Å². The highest BCUT2D eigenvalue weighted by Crippen LogP contribution is 2.12. The molecule has 5 heteroatoms. The smallest absolute Gasteiger partial charge is 0.304 e. The molecule has 1 fully saturated rings. The molecule has 0 unspecified atom stereocenters. The van der Waals surface area contributed by atoms with Crippen molar-refractivity contribution < 1.29 is 14.3 Å². The van der Waals surface area contributed by atoms with E-state index in [2.05, 4.69) is 22.8 Å². The van der Waals surface area contributed by atoms with Gasteiger partial charge in [-0.2, -0.15) is 0 Å². The largest absolute Gasteiger partial charge is 0.481 e. The number of nitrogens with zero attached hydrogens (tertiary/aromatic N) is 2. The first-order chi connectivity index (χ1) is 9.17. The van der Waals surface area contributed by atoms with Crippen molar-refractivity contribution in [2.45, 2.75) is 26.3 Å². The first kappa shape index (κ1) is 14.1. The molecule has 1 aromatic heterocycles. The van der Waals surface area contributed by atoms with Gasteiger partial charge in [0.2, 0.25) is 0 Å². The minimum absolute atomic E-state index is 0.234. The van der Waals surface area contributed by atoms with Crippen LogP contribution in [0.4, 0.5) is 0 Å². The first-order valence-electron chi connectivity index (χ1n) is 6.91. The summed E-state index contributed by atoms with van der Waals surface area (Å²) < 4.78 is 5.71. The van der Waals surface area contributed by atoms with Crippen molar-refractivity contribution in [1.82, 2.24) is 9.80 Å². The number of carbonyl (C=O) groups is 1. The van der Waals surface area contributed by atoms with E-state index in [0.717, 1.165) is 50.7 Å². The summed E-state index contributed by atoms with van der Waals surface area (Å²) >= 11 is 0.